The van der Waals surface area contributed by atoms with Gasteiger partial charge in [-0.1, -0.05) is 73.7 Å². The third-order valence-electron chi connectivity index (χ3n) is 9.64. The summed E-state index contributed by atoms with van der Waals surface area (Å²) < 4.78 is 0. The molecule has 2 N–H and O–H groups in total. The van der Waals surface area contributed by atoms with Gasteiger partial charge in [0.15, 0.2) is 5.60 Å². The molecule has 4 aromatic rings. The van der Waals surface area contributed by atoms with E-state index in [-0.39, 0.29) is 37.4 Å². The van der Waals surface area contributed by atoms with Gasteiger partial charge in [0, 0.05) is 42.1 Å². The Hall–Kier alpha value is -5.05. The van der Waals surface area contributed by atoms with E-state index in [0.29, 0.717) is 35.5 Å². The van der Waals surface area contributed by atoms with Crippen molar-refractivity contribution in [2.45, 2.75) is 38.0 Å². The van der Waals surface area contributed by atoms with Crippen LogP contribution in [-0.4, -0.2) is 52.0 Å². The molecule has 0 aliphatic carbocycles. The number of aliphatic hydroxyl groups is 2. The van der Waals surface area contributed by atoms with Crippen molar-refractivity contribution < 1.29 is 24.6 Å². The number of aliphatic hydroxyl groups excluding tert-OH is 1. The molecule has 0 unspecified atom stereocenters. The first-order valence-corrected chi connectivity index (χ1v) is 15.6. The van der Waals surface area contributed by atoms with Gasteiger partial charge < -0.3 is 20.0 Å². The second-order valence-electron chi connectivity index (χ2n) is 12.2. The van der Waals surface area contributed by atoms with Gasteiger partial charge in [-0.15, -0.1) is 6.58 Å². The quantitative estimate of drug-likeness (QED) is 0.260. The van der Waals surface area contributed by atoms with E-state index in [4.69, 9.17) is 0 Å². The molecule has 0 saturated heterocycles. The summed E-state index contributed by atoms with van der Waals surface area (Å²) in [5.41, 5.74) is 3.11. The highest BCUT2D eigenvalue weighted by molar-refractivity contribution is 6.28. The van der Waals surface area contributed by atoms with E-state index in [2.05, 4.69) is 6.58 Å². The number of fused-ring (bicyclic) bond motifs is 2. The molecule has 3 aliphatic heterocycles. The Kier molecular flexibility index (Phi) is 7.34. The van der Waals surface area contributed by atoms with Gasteiger partial charge >= 0.3 is 0 Å². The lowest BCUT2D eigenvalue weighted by Gasteiger charge is -2.36. The highest BCUT2D eigenvalue weighted by Gasteiger charge is 2.52. The average molecular weight is 614 g/mol. The van der Waals surface area contributed by atoms with Crippen LogP contribution in [0.2, 0.25) is 0 Å². The van der Waals surface area contributed by atoms with Crippen molar-refractivity contribution in [3.63, 3.8) is 0 Å². The lowest BCUT2D eigenvalue weighted by Crippen LogP contribution is -2.46. The Bertz CT molecular complexity index is 1940. The minimum Gasteiger partial charge on any atom is -0.394 e. The predicted molar refractivity (Wildman–Crippen MR) is 178 cm³/mol. The monoisotopic (exact) mass is 613 g/mol. The molecule has 3 aliphatic rings. The second kappa shape index (κ2) is 11.4. The fourth-order valence-electron chi connectivity index (χ4n) is 7.23. The van der Waals surface area contributed by atoms with Crippen molar-refractivity contribution in [3.05, 3.63) is 126 Å². The van der Waals surface area contributed by atoms with Crippen molar-refractivity contribution in [1.29, 1.82) is 0 Å². The van der Waals surface area contributed by atoms with E-state index >= 15 is 0 Å². The van der Waals surface area contributed by atoms with Gasteiger partial charge in [0.25, 0.3) is 11.8 Å². The van der Waals surface area contributed by atoms with Crippen molar-refractivity contribution >= 4 is 45.6 Å². The normalized spacial score (nSPS) is 20.8. The third kappa shape index (κ3) is 4.48. The van der Waals surface area contributed by atoms with Crippen LogP contribution in [0.15, 0.2) is 104 Å². The van der Waals surface area contributed by atoms with Crippen LogP contribution in [0, 0.1) is 5.92 Å². The smallest absolute Gasteiger partial charge is 0.264 e. The summed E-state index contributed by atoms with van der Waals surface area (Å²) in [5, 5.41) is 24.1. The van der Waals surface area contributed by atoms with E-state index in [0.717, 1.165) is 27.6 Å². The molecule has 7 rings (SSSR count). The van der Waals surface area contributed by atoms with Crippen molar-refractivity contribution in [1.82, 2.24) is 4.90 Å². The van der Waals surface area contributed by atoms with Gasteiger partial charge in [-0.25, -0.2) is 0 Å². The van der Waals surface area contributed by atoms with Crippen LogP contribution in [0.1, 0.15) is 40.4 Å². The van der Waals surface area contributed by atoms with Gasteiger partial charge in [-0.2, -0.15) is 0 Å². The standard InChI is InChI=1S/C38H35N3O5/c1-3-19-39-32-18-17-28(41-33-15-8-13-25-12-7-14-30(35(25)33)36(41)44)21-31(32)38(46,37(39)45)24(2)9-6-16-34(43)40-22-27-11-5-4-10-26(27)20-29(40)23-42/h3-15,17-18,21,24,29,42,46H,1,16,19-20,22-23H2,2H3/b9-6+/t24-,29-,38+/m0/s1. The largest absolute Gasteiger partial charge is 0.394 e. The number of rotatable bonds is 8. The highest BCUT2D eigenvalue weighted by Crippen LogP contribution is 2.49. The SMILES string of the molecule is C=CCN1C(=O)[C@@](O)([C@@H](C)/C=C/CC(=O)N2Cc3ccccc3C[C@H]2CO)c2cc(N3C(=O)c4cccc5cccc3c45)ccc21. The average Bonchev–Trinajstić information content (AvgIpc) is 3.48. The van der Waals surface area contributed by atoms with Crippen molar-refractivity contribution in [2.75, 3.05) is 23.0 Å². The number of hydrogen-bond donors (Lipinski definition) is 2. The van der Waals surface area contributed by atoms with E-state index in [1.54, 1.807) is 53.2 Å². The molecule has 8 nitrogen and oxygen atoms in total. The maximum Gasteiger partial charge on any atom is 0.264 e. The summed E-state index contributed by atoms with van der Waals surface area (Å²) >= 11 is 0. The summed E-state index contributed by atoms with van der Waals surface area (Å²) in [4.78, 5) is 45.7. The molecule has 3 heterocycles. The maximum absolute atomic E-state index is 13.9. The second-order valence-corrected chi connectivity index (χ2v) is 12.2. The first-order valence-electron chi connectivity index (χ1n) is 15.6. The molecule has 0 spiro atoms. The topological polar surface area (TPSA) is 101 Å². The summed E-state index contributed by atoms with van der Waals surface area (Å²) in [6.45, 7) is 6.04. The van der Waals surface area contributed by atoms with E-state index in [1.807, 2.05) is 60.7 Å². The van der Waals surface area contributed by atoms with Gasteiger partial charge in [0.1, 0.15) is 0 Å². The minimum atomic E-state index is -1.94. The van der Waals surface area contributed by atoms with E-state index < -0.39 is 17.4 Å². The Morgan fingerprint density at radius 1 is 1.02 bits per heavy atom. The lowest BCUT2D eigenvalue weighted by atomic mass is 9.82. The first kappa shape index (κ1) is 29.6. The molecular weight excluding hydrogens is 578 g/mol. The van der Waals surface area contributed by atoms with Gasteiger partial charge in [-0.3, -0.25) is 19.3 Å². The molecule has 3 atom stereocenters. The Morgan fingerprint density at radius 3 is 2.54 bits per heavy atom. The third-order valence-corrected chi connectivity index (χ3v) is 9.64. The van der Waals surface area contributed by atoms with E-state index in [1.165, 1.54) is 4.90 Å². The zero-order valence-electron chi connectivity index (χ0n) is 25.6. The van der Waals surface area contributed by atoms with Gasteiger partial charge in [0.05, 0.1) is 29.6 Å². The van der Waals surface area contributed by atoms with Crippen LogP contribution >= 0.6 is 0 Å². The minimum absolute atomic E-state index is 0.0566. The molecule has 8 heteroatoms. The first-order chi connectivity index (χ1) is 22.3. The summed E-state index contributed by atoms with van der Waals surface area (Å²) in [6.07, 6.45) is 5.64. The van der Waals surface area contributed by atoms with Crippen LogP contribution in [0.5, 0.6) is 0 Å². The summed E-state index contributed by atoms with van der Waals surface area (Å²) in [5.74, 6) is -1.51. The van der Waals surface area contributed by atoms with Gasteiger partial charge in [-0.05, 0) is 53.3 Å². The fourth-order valence-corrected chi connectivity index (χ4v) is 7.23. The number of amides is 3. The fraction of sp³-hybridized carbons (Fsp3) is 0.237. The van der Waals surface area contributed by atoms with E-state index in [9.17, 15) is 24.6 Å². The zero-order chi connectivity index (χ0) is 32.2. The van der Waals surface area contributed by atoms with Gasteiger partial charge in [0.2, 0.25) is 5.91 Å². The van der Waals surface area contributed by atoms with Crippen LogP contribution in [0.25, 0.3) is 10.8 Å². The number of anilines is 3. The molecule has 3 amide bonds. The zero-order valence-corrected chi connectivity index (χ0v) is 25.6. The summed E-state index contributed by atoms with van der Waals surface area (Å²) in [7, 11) is 0. The Morgan fingerprint density at radius 2 is 1.78 bits per heavy atom. The van der Waals surface area contributed by atoms with Crippen LogP contribution in [-0.2, 0) is 28.2 Å². The molecule has 0 bridgehead atoms. The number of benzene rings is 4. The van der Waals surface area contributed by atoms with Crippen LogP contribution < -0.4 is 9.80 Å². The van der Waals surface area contributed by atoms with Crippen molar-refractivity contribution in [3.8, 4) is 0 Å². The molecule has 4 aromatic carbocycles. The Labute approximate surface area is 267 Å². The highest BCUT2D eigenvalue weighted by atomic mass is 16.3. The van der Waals surface area contributed by atoms with Crippen LogP contribution in [0.4, 0.5) is 17.1 Å². The van der Waals surface area contributed by atoms with Crippen molar-refractivity contribution in [2.24, 2.45) is 5.92 Å². The summed E-state index contributed by atoms with van der Waals surface area (Å²) in [6, 6.07) is 24.3. The number of carbonyl (C=O) groups is 3. The number of nitrogens with zero attached hydrogens (tertiary/aromatic N) is 3. The predicted octanol–water partition coefficient (Wildman–Crippen LogP) is 5.38. The molecule has 0 aromatic heterocycles. The molecule has 0 fully saturated rings. The number of carbonyl (C=O) groups excluding carboxylic acids is 3. The molecule has 0 saturated carbocycles. The van der Waals surface area contributed by atoms with Crippen LogP contribution in [0.3, 0.4) is 0 Å². The lowest BCUT2D eigenvalue weighted by molar-refractivity contribution is -0.139. The molecular formula is C38H35N3O5. The molecule has 46 heavy (non-hydrogen) atoms. The Balaban J connectivity index is 1.18. The molecule has 232 valence electrons. The molecule has 0 radical (unpaired) electrons. The number of hydrogen-bond acceptors (Lipinski definition) is 5. The maximum atomic E-state index is 13.9.